The Morgan fingerprint density at radius 3 is 2.11 bits per heavy atom. The van der Waals surface area contributed by atoms with Crippen molar-refractivity contribution in [3.05, 3.63) is 35.5 Å². The van der Waals surface area contributed by atoms with Gasteiger partial charge in [0.25, 0.3) is 0 Å². The first-order valence-electron chi connectivity index (χ1n) is 6.81. The molecule has 0 fully saturated rings. The molecule has 0 amide bonds. The maximum absolute atomic E-state index is 6.23. The molecule has 0 aliphatic heterocycles. The van der Waals surface area contributed by atoms with E-state index in [2.05, 4.69) is 59.7 Å². The summed E-state index contributed by atoms with van der Waals surface area (Å²) >= 11 is 0. The van der Waals surface area contributed by atoms with Crippen molar-refractivity contribution in [2.24, 2.45) is 0 Å². The minimum Gasteiger partial charge on any atom is -0.398 e. The molecule has 19 heavy (non-hydrogen) atoms. The van der Waals surface area contributed by atoms with E-state index in [1.807, 2.05) is 6.07 Å². The number of nitrogen functional groups attached to an aromatic ring is 1. The summed E-state index contributed by atoms with van der Waals surface area (Å²) in [7, 11) is 0. The first kappa shape index (κ1) is 13.9. The van der Waals surface area contributed by atoms with Gasteiger partial charge in [0.2, 0.25) is 0 Å². The van der Waals surface area contributed by atoms with Gasteiger partial charge in [0.1, 0.15) is 0 Å². The van der Waals surface area contributed by atoms with Crippen LogP contribution in [0.5, 0.6) is 0 Å². The van der Waals surface area contributed by atoms with Crippen molar-refractivity contribution in [1.29, 1.82) is 0 Å². The van der Waals surface area contributed by atoms with Crippen LogP contribution in [-0.2, 0) is 10.8 Å². The van der Waals surface area contributed by atoms with Crippen LogP contribution in [-0.4, -0.2) is 4.98 Å². The molecule has 0 bridgehead atoms. The van der Waals surface area contributed by atoms with E-state index in [1.165, 1.54) is 5.56 Å². The number of pyridine rings is 1. The molecule has 1 aromatic heterocycles. The van der Waals surface area contributed by atoms with Gasteiger partial charge in [-0.1, -0.05) is 59.7 Å². The van der Waals surface area contributed by atoms with E-state index in [0.717, 1.165) is 22.3 Å². The molecule has 0 atom stereocenters. The number of benzene rings is 1. The molecular formula is C17H24N2. The highest BCUT2D eigenvalue weighted by molar-refractivity contribution is 5.93. The fourth-order valence-electron chi connectivity index (χ4n) is 2.26. The maximum Gasteiger partial charge on any atom is 0.0763 e. The number of anilines is 1. The van der Waals surface area contributed by atoms with Crippen molar-refractivity contribution in [1.82, 2.24) is 4.98 Å². The summed E-state index contributed by atoms with van der Waals surface area (Å²) in [6.45, 7) is 13.1. The molecule has 2 rings (SSSR count). The fraction of sp³-hybridized carbons (Fsp3) is 0.471. The van der Waals surface area contributed by atoms with Gasteiger partial charge in [-0.15, -0.1) is 0 Å². The Morgan fingerprint density at radius 2 is 1.58 bits per heavy atom. The molecular weight excluding hydrogens is 232 g/mol. The van der Waals surface area contributed by atoms with Crippen LogP contribution in [0, 0.1) is 0 Å². The van der Waals surface area contributed by atoms with Gasteiger partial charge in [0.05, 0.1) is 5.52 Å². The molecule has 0 unspecified atom stereocenters. The molecule has 0 aliphatic carbocycles. The summed E-state index contributed by atoms with van der Waals surface area (Å²) in [5.74, 6) is 0. The third kappa shape index (κ3) is 2.58. The second kappa shape index (κ2) is 4.22. The average Bonchev–Trinajstić information content (AvgIpc) is 2.25. The predicted octanol–water partition coefficient (Wildman–Crippen LogP) is 4.41. The number of hydrogen-bond acceptors (Lipinski definition) is 2. The summed E-state index contributed by atoms with van der Waals surface area (Å²) in [6.07, 6.45) is 0. The minimum absolute atomic E-state index is 0.00725. The Morgan fingerprint density at radius 1 is 0.947 bits per heavy atom. The lowest BCUT2D eigenvalue weighted by molar-refractivity contribution is 0.568. The van der Waals surface area contributed by atoms with Crippen molar-refractivity contribution >= 4 is 16.6 Å². The molecule has 0 spiro atoms. The molecule has 0 saturated carbocycles. The standard InChI is InChI=1S/C17H24N2/c1-16(2,3)12-9-7-8-11-13(18)10-14(17(4,5)6)19-15(11)12/h7-10H,1-6H3,(H2,18,19). The van der Waals surface area contributed by atoms with Crippen LogP contribution in [0.15, 0.2) is 24.3 Å². The van der Waals surface area contributed by atoms with Gasteiger partial charge in [-0.05, 0) is 17.0 Å². The third-order valence-corrected chi connectivity index (χ3v) is 3.45. The summed E-state index contributed by atoms with van der Waals surface area (Å²) < 4.78 is 0. The second-order valence-corrected chi connectivity index (χ2v) is 7.30. The molecule has 102 valence electrons. The van der Waals surface area contributed by atoms with Crippen molar-refractivity contribution in [3.8, 4) is 0 Å². The molecule has 0 radical (unpaired) electrons. The van der Waals surface area contributed by atoms with Crippen LogP contribution < -0.4 is 5.73 Å². The number of nitrogens with two attached hydrogens (primary N) is 1. The van der Waals surface area contributed by atoms with Crippen molar-refractivity contribution in [2.45, 2.75) is 52.4 Å². The van der Waals surface area contributed by atoms with Crippen LogP contribution in [0.25, 0.3) is 10.9 Å². The predicted molar refractivity (Wildman–Crippen MR) is 83.6 cm³/mol. The smallest absolute Gasteiger partial charge is 0.0763 e. The van der Waals surface area contributed by atoms with Gasteiger partial charge >= 0.3 is 0 Å². The Kier molecular flexibility index (Phi) is 3.08. The maximum atomic E-state index is 6.23. The highest BCUT2D eigenvalue weighted by atomic mass is 14.7. The van der Waals surface area contributed by atoms with Crippen LogP contribution in [0.4, 0.5) is 5.69 Å². The van der Waals surface area contributed by atoms with E-state index in [-0.39, 0.29) is 10.8 Å². The largest absolute Gasteiger partial charge is 0.398 e. The highest BCUT2D eigenvalue weighted by Crippen LogP contribution is 2.33. The number of rotatable bonds is 0. The van der Waals surface area contributed by atoms with Gasteiger partial charge in [-0.25, -0.2) is 0 Å². The van der Waals surface area contributed by atoms with Crippen molar-refractivity contribution in [2.75, 3.05) is 5.73 Å². The summed E-state index contributed by atoms with van der Waals surface area (Å²) in [5, 5.41) is 1.06. The Balaban J connectivity index is 2.84. The Labute approximate surface area is 116 Å². The van der Waals surface area contributed by atoms with E-state index in [1.54, 1.807) is 0 Å². The molecule has 1 heterocycles. The SMILES string of the molecule is CC(C)(C)c1cc(N)c2cccc(C(C)(C)C)c2n1. The van der Waals surface area contributed by atoms with E-state index in [0.29, 0.717) is 0 Å². The molecule has 1 aromatic carbocycles. The number of fused-ring (bicyclic) bond motifs is 1. The third-order valence-electron chi connectivity index (χ3n) is 3.45. The lowest BCUT2D eigenvalue weighted by atomic mass is 9.84. The average molecular weight is 256 g/mol. The number of nitrogens with zero attached hydrogens (tertiary/aromatic N) is 1. The zero-order chi connectivity index (χ0) is 14.4. The molecule has 0 saturated heterocycles. The molecule has 2 nitrogen and oxygen atoms in total. The van der Waals surface area contributed by atoms with E-state index in [4.69, 9.17) is 10.7 Å². The van der Waals surface area contributed by atoms with Crippen LogP contribution in [0.3, 0.4) is 0 Å². The van der Waals surface area contributed by atoms with Crippen molar-refractivity contribution < 1.29 is 0 Å². The number of hydrogen-bond donors (Lipinski definition) is 1. The van der Waals surface area contributed by atoms with E-state index < -0.39 is 0 Å². The van der Waals surface area contributed by atoms with Crippen LogP contribution in [0.1, 0.15) is 52.8 Å². The zero-order valence-electron chi connectivity index (χ0n) is 12.8. The quantitative estimate of drug-likeness (QED) is 0.758. The zero-order valence-corrected chi connectivity index (χ0v) is 12.8. The lowest BCUT2D eigenvalue weighted by Gasteiger charge is -2.24. The summed E-state index contributed by atoms with van der Waals surface area (Å²) in [5.41, 5.74) is 10.5. The van der Waals surface area contributed by atoms with Crippen LogP contribution in [0.2, 0.25) is 0 Å². The molecule has 2 heteroatoms. The first-order valence-corrected chi connectivity index (χ1v) is 6.81. The lowest BCUT2D eigenvalue weighted by Crippen LogP contribution is -2.17. The summed E-state index contributed by atoms with van der Waals surface area (Å²) in [6, 6.07) is 8.28. The molecule has 0 aliphatic rings. The van der Waals surface area contributed by atoms with Gasteiger partial charge in [-0.3, -0.25) is 4.98 Å². The normalized spacial score (nSPS) is 12.9. The summed E-state index contributed by atoms with van der Waals surface area (Å²) in [4.78, 5) is 4.89. The van der Waals surface area contributed by atoms with Gasteiger partial charge in [-0.2, -0.15) is 0 Å². The van der Waals surface area contributed by atoms with Crippen molar-refractivity contribution in [3.63, 3.8) is 0 Å². The van der Waals surface area contributed by atoms with Crippen LogP contribution >= 0.6 is 0 Å². The van der Waals surface area contributed by atoms with Gasteiger partial charge < -0.3 is 5.73 Å². The van der Waals surface area contributed by atoms with E-state index in [9.17, 15) is 0 Å². The molecule has 2 aromatic rings. The monoisotopic (exact) mass is 256 g/mol. The second-order valence-electron chi connectivity index (χ2n) is 7.30. The first-order chi connectivity index (χ1) is 8.60. The van der Waals surface area contributed by atoms with Gasteiger partial charge in [0.15, 0.2) is 0 Å². The minimum atomic E-state index is 0.00725. The Bertz CT molecular complexity index is 613. The number of aromatic nitrogens is 1. The molecule has 2 N–H and O–H groups in total. The topological polar surface area (TPSA) is 38.9 Å². The fourth-order valence-corrected chi connectivity index (χ4v) is 2.26. The highest BCUT2D eigenvalue weighted by Gasteiger charge is 2.22. The van der Waals surface area contributed by atoms with Gasteiger partial charge in [0, 0.05) is 22.2 Å². The number of para-hydroxylation sites is 1. The van der Waals surface area contributed by atoms with E-state index >= 15 is 0 Å². The Hall–Kier alpha value is -1.57.